The molecule has 1 aliphatic rings. The van der Waals surface area contributed by atoms with Crippen LogP contribution < -0.4 is 5.32 Å². The zero-order chi connectivity index (χ0) is 13.5. The zero-order valence-electron chi connectivity index (χ0n) is 12.2. The van der Waals surface area contributed by atoms with Gasteiger partial charge in [0.15, 0.2) is 0 Å². The van der Waals surface area contributed by atoms with E-state index >= 15 is 0 Å². The molecule has 4 heteroatoms. The third-order valence-corrected chi connectivity index (χ3v) is 4.26. The van der Waals surface area contributed by atoms with Crippen LogP contribution >= 0.6 is 0 Å². The van der Waals surface area contributed by atoms with Gasteiger partial charge in [-0.2, -0.15) is 0 Å². The van der Waals surface area contributed by atoms with Gasteiger partial charge in [-0.1, -0.05) is 13.3 Å². The van der Waals surface area contributed by atoms with Gasteiger partial charge in [-0.25, -0.2) is 4.98 Å². The molecule has 0 amide bonds. The Morgan fingerprint density at radius 2 is 2.16 bits per heavy atom. The minimum Gasteiger partial charge on any atom is -0.383 e. The quantitative estimate of drug-likeness (QED) is 0.745. The number of rotatable bonds is 7. The summed E-state index contributed by atoms with van der Waals surface area (Å²) in [6.07, 6.45) is 8.62. The predicted octanol–water partition coefficient (Wildman–Crippen LogP) is 2.83. The van der Waals surface area contributed by atoms with Crippen molar-refractivity contribution in [3.05, 3.63) is 17.7 Å². The Morgan fingerprint density at radius 1 is 1.37 bits per heavy atom. The van der Waals surface area contributed by atoms with Gasteiger partial charge in [0.25, 0.3) is 0 Å². The number of hydrogen-bond acceptors (Lipinski definition) is 3. The maximum absolute atomic E-state index is 5.01. The van der Waals surface area contributed by atoms with Gasteiger partial charge in [0.05, 0.1) is 6.61 Å². The Bertz CT molecular complexity index is 356. The fourth-order valence-corrected chi connectivity index (χ4v) is 2.92. The van der Waals surface area contributed by atoms with E-state index in [1.165, 1.54) is 43.6 Å². The molecule has 2 rings (SSSR count). The first-order chi connectivity index (χ1) is 9.33. The number of imidazole rings is 1. The summed E-state index contributed by atoms with van der Waals surface area (Å²) in [5.41, 5.74) is 1.18. The summed E-state index contributed by atoms with van der Waals surface area (Å²) in [4.78, 5) is 8.04. The summed E-state index contributed by atoms with van der Waals surface area (Å²) in [7, 11) is 1.72. The molecule has 108 valence electrons. The van der Waals surface area contributed by atoms with Gasteiger partial charge in [-0.05, 0) is 31.6 Å². The minimum atomic E-state index is 0.649. The molecule has 1 aromatic heterocycles. The third kappa shape index (κ3) is 4.32. The van der Waals surface area contributed by atoms with Gasteiger partial charge >= 0.3 is 0 Å². The highest BCUT2D eigenvalue weighted by Gasteiger charge is 2.23. The number of aromatic nitrogens is 2. The average Bonchev–Trinajstić information content (AvgIpc) is 2.92. The van der Waals surface area contributed by atoms with Gasteiger partial charge in [0, 0.05) is 38.0 Å². The van der Waals surface area contributed by atoms with E-state index in [-0.39, 0.29) is 0 Å². The van der Waals surface area contributed by atoms with Crippen LogP contribution in [-0.4, -0.2) is 30.2 Å². The summed E-state index contributed by atoms with van der Waals surface area (Å²) in [5, 5.41) is 3.34. The van der Waals surface area contributed by atoms with E-state index < -0.39 is 0 Å². The standard InChI is InChI=1S/C15H27N3O/c1-3-12-4-6-13(7-5-12)15-17-11-14(18-15)10-16-8-9-19-2/h11-13,16H,3-10H2,1-2H3,(H,17,18). The van der Waals surface area contributed by atoms with E-state index in [0.29, 0.717) is 5.92 Å². The summed E-state index contributed by atoms with van der Waals surface area (Å²) < 4.78 is 5.01. The Morgan fingerprint density at radius 3 is 2.84 bits per heavy atom. The molecule has 1 fully saturated rings. The summed E-state index contributed by atoms with van der Waals surface area (Å²) in [6, 6.07) is 0. The van der Waals surface area contributed by atoms with Crippen LogP contribution in [0.3, 0.4) is 0 Å². The van der Waals surface area contributed by atoms with Crippen LogP contribution in [0.25, 0.3) is 0 Å². The van der Waals surface area contributed by atoms with E-state index in [2.05, 4.69) is 22.2 Å². The summed E-state index contributed by atoms with van der Waals surface area (Å²) in [5.74, 6) is 2.79. The molecule has 0 radical (unpaired) electrons. The minimum absolute atomic E-state index is 0.649. The number of nitrogens with zero attached hydrogens (tertiary/aromatic N) is 1. The monoisotopic (exact) mass is 265 g/mol. The second kappa shape index (κ2) is 7.65. The lowest BCUT2D eigenvalue weighted by molar-refractivity contribution is 0.199. The molecule has 1 heterocycles. The molecule has 0 aliphatic heterocycles. The van der Waals surface area contributed by atoms with Crippen molar-refractivity contribution in [3.8, 4) is 0 Å². The molecule has 0 saturated heterocycles. The number of H-pyrrole nitrogens is 1. The van der Waals surface area contributed by atoms with Crippen LogP contribution in [0.15, 0.2) is 6.20 Å². The smallest absolute Gasteiger partial charge is 0.109 e. The van der Waals surface area contributed by atoms with Crippen LogP contribution in [0.2, 0.25) is 0 Å². The highest BCUT2D eigenvalue weighted by molar-refractivity contribution is 5.06. The van der Waals surface area contributed by atoms with E-state index in [9.17, 15) is 0 Å². The van der Waals surface area contributed by atoms with Crippen LogP contribution in [-0.2, 0) is 11.3 Å². The van der Waals surface area contributed by atoms with Gasteiger partial charge in [-0.3, -0.25) is 0 Å². The van der Waals surface area contributed by atoms with E-state index in [1.807, 2.05) is 6.20 Å². The van der Waals surface area contributed by atoms with Crippen LogP contribution in [0.4, 0.5) is 0 Å². The van der Waals surface area contributed by atoms with Crippen molar-refractivity contribution in [1.82, 2.24) is 15.3 Å². The van der Waals surface area contributed by atoms with E-state index in [1.54, 1.807) is 7.11 Å². The Labute approximate surface area is 116 Å². The molecule has 2 N–H and O–H groups in total. The van der Waals surface area contributed by atoms with E-state index in [0.717, 1.165) is 25.6 Å². The van der Waals surface area contributed by atoms with Crippen molar-refractivity contribution in [1.29, 1.82) is 0 Å². The normalized spacial score (nSPS) is 23.7. The van der Waals surface area contributed by atoms with Gasteiger partial charge in [0.1, 0.15) is 5.82 Å². The molecule has 4 nitrogen and oxygen atoms in total. The van der Waals surface area contributed by atoms with Gasteiger partial charge in [-0.15, -0.1) is 0 Å². The number of methoxy groups -OCH3 is 1. The lowest BCUT2D eigenvalue weighted by Crippen LogP contribution is -2.19. The fourth-order valence-electron chi connectivity index (χ4n) is 2.92. The van der Waals surface area contributed by atoms with E-state index in [4.69, 9.17) is 4.74 Å². The number of ether oxygens (including phenoxy) is 1. The average molecular weight is 265 g/mol. The molecule has 0 aromatic carbocycles. The van der Waals surface area contributed by atoms with Gasteiger partial charge in [0.2, 0.25) is 0 Å². The molecule has 0 unspecified atom stereocenters. The highest BCUT2D eigenvalue weighted by Crippen LogP contribution is 2.35. The maximum atomic E-state index is 5.01. The highest BCUT2D eigenvalue weighted by atomic mass is 16.5. The third-order valence-electron chi connectivity index (χ3n) is 4.26. The Kier molecular flexibility index (Phi) is 5.86. The second-order valence-electron chi connectivity index (χ2n) is 5.59. The van der Waals surface area contributed by atoms with Crippen LogP contribution in [0.5, 0.6) is 0 Å². The topological polar surface area (TPSA) is 49.9 Å². The summed E-state index contributed by atoms with van der Waals surface area (Å²) in [6.45, 7) is 4.79. The fraction of sp³-hybridized carbons (Fsp3) is 0.800. The predicted molar refractivity (Wildman–Crippen MR) is 77.2 cm³/mol. The molecule has 1 saturated carbocycles. The Balaban J connectivity index is 1.77. The molecule has 0 bridgehead atoms. The van der Waals surface area contributed by atoms with Crippen molar-refractivity contribution in [2.75, 3.05) is 20.3 Å². The molecular weight excluding hydrogens is 238 g/mol. The first kappa shape index (κ1) is 14.5. The second-order valence-corrected chi connectivity index (χ2v) is 5.59. The SMILES string of the molecule is CCC1CCC(c2ncc(CNCCOC)[nH]2)CC1. The molecule has 1 aliphatic carbocycles. The first-order valence-corrected chi connectivity index (χ1v) is 7.57. The lowest BCUT2D eigenvalue weighted by Gasteiger charge is -2.26. The maximum Gasteiger partial charge on any atom is 0.109 e. The van der Waals surface area contributed by atoms with Crippen molar-refractivity contribution < 1.29 is 4.74 Å². The van der Waals surface area contributed by atoms with Gasteiger partial charge < -0.3 is 15.0 Å². The van der Waals surface area contributed by atoms with Crippen molar-refractivity contribution in [3.63, 3.8) is 0 Å². The molecule has 19 heavy (non-hydrogen) atoms. The van der Waals surface area contributed by atoms with Crippen LogP contribution in [0, 0.1) is 5.92 Å². The molecule has 0 atom stereocenters. The number of nitrogens with one attached hydrogen (secondary N) is 2. The largest absolute Gasteiger partial charge is 0.383 e. The lowest BCUT2D eigenvalue weighted by atomic mass is 9.80. The number of aromatic amines is 1. The number of hydrogen-bond donors (Lipinski definition) is 2. The zero-order valence-corrected chi connectivity index (χ0v) is 12.2. The molecule has 0 spiro atoms. The summed E-state index contributed by atoms with van der Waals surface area (Å²) >= 11 is 0. The van der Waals surface area contributed by atoms with Crippen molar-refractivity contribution in [2.45, 2.75) is 51.5 Å². The van der Waals surface area contributed by atoms with Crippen molar-refractivity contribution in [2.24, 2.45) is 5.92 Å². The van der Waals surface area contributed by atoms with Crippen molar-refractivity contribution >= 4 is 0 Å². The Hall–Kier alpha value is -0.870. The molecular formula is C15H27N3O. The molecule has 1 aromatic rings. The van der Waals surface area contributed by atoms with Crippen LogP contribution in [0.1, 0.15) is 56.5 Å². The first-order valence-electron chi connectivity index (χ1n) is 7.57.